The Morgan fingerprint density at radius 3 is 1.14 bits per heavy atom. The van der Waals surface area contributed by atoms with Crippen molar-refractivity contribution in [1.82, 2.24) is 19.6 Å². The molecule has 0 saturated carbocycles. The monoisotopic (exact) mass is 1230 g/mol. The van der Waals surface area contributed by atoms with Gasteiger partial charge < -0.3 is 25.2 Å². The largest absolute Gasteiger partial charge is 0.464 e. The van der Waals surface area contributed by atoms with Gasteiger partial charge in [0.1, 0.15) is 6.61 Å². The molecule has 0 radical (unpaired) electrons. The lowest BCUT2D eigenvalue weighted by Gasteiger charge is -2.34. The van der Waals surface area contributed by atoms with Crippen LogP contribution in [0.15, 0.2) is 48.6 Å². The summed E-state index contributed by atoms with van der Waals surface area (Å²) in [4.78, 5) is 22.3. The van der Waals surface area contributed by atoms with Crippen LogP contribution in [0.5, 0.6) is 0 Å². The molecule has 0 bridgehead atoms. The summed E-state index contributed by atoms with van der Waals surface area (Å²) in [5.41, 5.74) is 0. The number of esters is 1. The van der Waals surface area contributed by atoms with Crippen molar-refractivity contribution in [3.63, 3.8) is 0 Å². The number of unbranched alkanes of at least 4 members (excludes halogenated alkanes) is 26. The molecule has 12 heteroatoms. The summed E-state index contributed by atoms with van der Waals surface area (Å²) in [7, 11) is 3.98. The van der Waals surface area contributed by atoms with Crippen molar-refractivity contribution in [3.8, 4) is 0 Å². The third-order valence-corrected chi connectivity index (χ3v) is 19.4. The fourth-order valence-electron chi connectivity index (χ4n) is 11.4. The van der Waals surface area contributed by atoms with Gasteiger partial charge in [0.05, 0.1) is 24.4 Å². The van der Waals surface area contributed by atoms with Crippen molar-refractivity contribution < 1.29 is 30.0 Å². The second kappa shape index (κ2) is 64.3. The first-order valence-electron chi connectivity index (χ1n) is 36.3. The van der Waals surface area contributed by atoms with Gasteiger partial charge in [-0.05, 0) is 129 Å². The maximum atomic E-state index is 12.7. The van der Waals surface area contributed by atoms with E-state index in [9.17, 15) is 25.2 Å². The maximum absolute atomic E-state index is 12.7. The van der Waals surface area contributed by atoms with Crippen molar-refractivity contribution >= 4 is 27.6 Å². The smallest absolute Gasteiger partial charge is 0.305 e. The number of carbonyl (C=O) groups excluding carboxylic acids is 1. The van der Waals surface area contributed by atoms with Gasteiger partial charge in [-0.15, -0.1) is 0 Å². The Balaban J connectivity index is 2.37. The van der Waals surface area contributed by atoms with Gasteiger partial charge in [0.15, 0.2) is 0 Å². The second-order valence-corrected chi connectivity index (χ2v) is 28.0. The van der Waals surface area contributed by atoms with Crippen LogP contribution in [0, 0.1) is 0 Å². The molecule has 0 amide bonds. The van der Waals surface area contributed by atoms with Gasteiger partial charge >= 0.3 is 5.97 Å². The van der Waals surface area contributed by atoms with Gasteiger partial charge in [-0.25, -0.2) is 0 Å². The highest BCUT2D eigenvalue weighted by Gasteiger charge is 2.20. The number of hydrogen-bond donors (Lipinski definition) is 4. The SMILES string of the molecule is CCCCCC=CCC=CCCCCCCC(O)CN(CCCCSSCCN1CCN(CCOC(=O)CCCCN(CC(O)CCCCCCCC)CC(O)CCCCCCCC)CC1)CC(O)CCCCCCC=CCC=CCCCCC. The average molecular weight is 1230 g/mol. The van der Waals surface area contributed by atoms with Crippen LogP contribution in [-0.2, 0) is 9.53 Å². The van der Waals surface area contributed by atoms with Crippen LogP contribution in [0.25, 0.3) is 0 Å². The van der Waals surface area contributed by atoms with Gasteiger partial charge in [0.2, 0.25) is 0 Å². The molecule has 0 spiro atoms. The molecule has 0 aliphatic carbocycles. The van der Waals surface area contributed by atoms with Crippen molar-refractivity contribution in [2.45, 2.75) is 315 Å². The molecule has 1 saturated heterocycles. The third-order valence-electron chi connectivity index (χ3n) is 16.9. The van der Waals surface area contributed by atoms with E-state index in [0.717, 1.165) is 167 Å². The van der Waals surface area contributed by atoms with Crippen molar-refractivity contribution in [3.05, 3.63) is 48.6 Å². The Kier molecular flexibility index (Phi) is 61.9. The first kappa shape index (κ1) is 81.8. The minimum Gasteiger partial charge on any atom is -0.464 e. The minimum atomic E-state index is -0.376. The first-order chi connectivity index (χ1) is 41.7. The number of hydrogen-bond acceptors (Lipinski definition) is 12. The molecule has 4 atom stereocenters. The van der Waals surface area contributed by atoms with Crippen LogP contribution >= 0.6 is 21.6 Å². The van der Waals surface area contributed by atoms with Crippen molar-refractivity contribution in [2.24, 2.45) is 0 Å². The van der Waals surface area contributed by atoms with E-state index in [2.05, 4.69) is 95.9 Å². The van der Waals surface area contributed by atoms with Crippen LogP contribution in [0.2, 0.25) is 0 Å². The zero-order chi connectivity index (χ0) is 61.6. The van der Waals surface area contributed by atoms with E-state index in [1.54, 1.807) is 0 Å². The first-order valence-corrected chi connectivity index (χ1v) is 38.8. The van der Waals surface area contributed by atoms with Gasteiger partial charge in [0, 0.05) is 83.4 Å². The molecule has 0 aromatic heterocycles. The van der Waals surface area contributed by atoms with Gasteiger partial charge in [-0.2, -0.15) is 0 Å². The fraction of sp³-hybridized carbons (Fsp3) is 0.877. The van der Waals surface area contributed by atoms with Crippen LogP contribution in [0.1, 0.15) is 291 Å². The molecule has 1 heterocycles. The van der Waals surface area contributed by atoms with Gasteiger partial charge in [-0.1, -0.05) is 239 Å². The minimum absolute atomic E-state index is 0.119. The van der Waals surface area contributed by atoms with Gasteiger partial charge in [0.25, 0.3) is 0 Å². The lowest BCUT2D eigenvalue weighted by Crippen LogP contribution is -2.47. The molecular weight excluding hydrogens is 1090 g/mol. The van der Waals surface area contributed by atoms with E-state index in [1.165, 1.54) is 154 Å². The van der Waals surface area contributed by atoms with E-state index in [1.807, 2.05) is 21.6 Å². The molecule has 85 heavy (non-hydrogen) atoms. The standard InChI is InChI=1S/C73H140N4O6S2/c1-5-9-13-17-21-23-25-27-29-31-33-35-39-43-51-71(80)67-77(68-72(81)52-44-40-36-34-32-30-28-26-24-22-18-14-10-6-2)55-47-48-63-84-85-64-61-75-58-56-74(57-59-75)60-62-83-73(82)53-45-46-54-76(65-69(78)49-41-37-19-15-11-7-3)66-70(79)50-42-38-20-16-12-8-4/h21-24,27-30,69-72,78-81H,5-20,25-26,31-68H2,1-4H3. The molecule has 1 rings (SSSR count). The summed E-state index contributed by atoms with van der Waals surface area (Å²) in [5, 5.41) is 44.2. The van der Waals surface area contributed by atoms with E-state index in [-0.39, 0.29) is 30.4 Å². The summed E-state index contributed by atoms with van der Waals surface area (Å²) in [6.45, 7) is 19.6. The normalized spacial score (nSPS) is 15.3. The Morgan fingerprint density at radius 2 is 0.729 bits per heavy atom. The molecule has 4 unspecified atom stereocenters. The Labute approximate surface area is 534 Å². The predicted octanol–water partition coefficient (Wildman–Crippen LogP) is 17.9. The average Bonchev–Trinajstić information content (AvgIpc) is 3.52. The molecule has 4 N–H and O–H groups in total. The van der Waals surface area contributed by atoms with Gasteiger partial charge in [-0.3, -0.25) is 24.4 Å². The number of allylic oxidation sites excluding steroid dienone is 8. The van der Waals surface area contributed by atoms with Crippen LogP contribution < -0.4 is 0 Å². The van der Waals surface area contributed by atoms with Crippen molar-refractivity contribution in [2.75, 3.05) is 96.6 Å². The Hall–Kier alpha value is -1.19. The molecule has 1 aliphatic heterocycles. The second-order valence-electron chi connectivity index (χ2n) is 25.3. The zero-order valence-corrected chi connectivity index (χ0v) is 57.9. The molecule has 10 nitrogen and oxygen atoms in total. The number of aliphatic hydroxyl groups is 4. The Bertz CT molecular complexity index is 1440. The van der Waals surface area contributed by atoms with E-state index >= 15 is 0 Å². The predicted molar refractivity (Wildman–Crippen MR) is 374 cm³/mol. The summed E-state index contributed by atoms with van der Waals surface area (Å²) < 4.78 is 5.70. The molecule has 500 valence electrons. The van der Waals surface area contributed by atoms with Crippen LogP contribution in [-0.4, -0.2) is 167 Å². The quantitative estimate of drug-likeness (QED) is 0.0201. The summed E-state index contributed by atoms with van der Waals surface area (Å²) in [6.07, 6.45) is 63.3. The number of rotatable bonds is 65. The van der Waals surface area contributed by atoms with Crippen LogP contribution in [0.3, 0.4) is 0 Å². The lowest BCUT2D eigenvalue weighted by molar-refractivity contribution is -0.144. The molecule has 1 aliphatic rings. The molecule has 0 aromatic rings. The topological polar surface area (TPSA) is 120 Å². The molecular formula is C73H140N4O6S2. The van der Waals surface area contributed by atoms with Crippen molar-refractivity contribution in [1.29, 1.82) is 0 Å². The summed E-state index contributed by atoms with van der Waals surface area (Å²) in [6, 6.07) is 0. The molecule has 1 fully saturated rings. The number of aliphatic hydroxyl groups excluding tert-OH is 4. The molecule has 0 aromatic carbocycles. The van der Waals surface area contributed by atoms with E-state index in [4.69, 9.17) is 4.74 Å². The highest BCUT2D eigenvalue weighted by atomic mass is 33.1. The number of piperazine rings is 1. The highest BCUT2D eigenvalue weighted by Crippen LogP contribution is 2.23. The number of nitrogens with zero attached hydrogens (tertiary/aromatic N) is 4. The summed E-state index contributed by atoms with van der Waals surface area (Å²) >= 11 is 0. The fourth-order valence-corrected chi connectivity index (χ4v) is 13.6. The number of carbonyl (C=O) groups is 1. The van der Waals surface area contributed by atoms with E-state index < -0.39 is 0 Å². The maximum Gasteiger partial charge on any atom is 0.305 e. The third kappa shape index (κ3) is 57.7. The lowest BCUT2D eigenvalue weighted by atomic mass is 10.1. The zero-order valence-electron chi connectivity index (χ0n) is 56.2. The number of ether oxygens (including phenoxy) is 1. The summed E-state index contributed by atoms with van der Waals surface area (Å²) in [5.74, 6) is 2.12. The highest BCUT2D eigenvalue weighted by molar-refractivity contribution is 8.76. The Morgan fingerprint density at radius 1 is 0.400 bits per heavy atom. The van der Waals surface area contributed by atoms with Crippen LogP contribution in [0.4, 0.5) is 0 Å². The van der Waals surface area contributed by atoms with E-state index in [0.29, 0.717) is 39.2 Å².